The topological polar surface area (TPSA) is 66.6 Å². The molecule has 2 aromatic rings. The minimum atomic E-state index is -0.401. The molecule has 26 heavy (non-hydrogen) atoms. The molecule has 0 saturated carbocycles. The minimum absolute atomic E-state index is 0.149. The first kappa shape index (κ1) is 16.8. The molecule has 0 aliphatic carbocycles. The Morgan fingerprint density at radius 2 is 1.92 bits per heavy atom. The van der Waals surface area contributed by atoms with Gasteiger partial charge in [0.05, 0.1) is 11.4 Å². The number of benzene rings is 2. The van der Waals surface area contributed by atoms with Crippen molar-refractivity contribution in [3.05, 3.63) is 59.7 Å². The molecular weight excluding hydrogens is 326 g/mol. The SMILES string of the molecule is NC1Cc2cccc(N3CCCC3=O)c2N(Cc2ccccc2)C1C=O. The third kappa shape index (κ3) is 2.88. The summed E-state index contributed by atoms with van der Waals surface area (Å²) in [5, 5.41) is 0. The quantitative estimate of drug-likeness (QED) is 0.860. The number of aldehydes is 1. The van der Waals surface area contributed by atoms with Gasteiger partial charge < -0.3 is 20.3 Å². The van der Waals surface area contributed by atoms with Crippen LogP contribution in [0, 0.1) is 0 Å². The Bertz CT molecular complexity index is 821. The monoisotopic (exact) mass is 349 g/mol. The van der Waals surface area contributed by atoms with Crippen LogP contribution in [0.4, 0.5) is 11.4 Å². The van der Waals surface area contributed by atoms with Gasteiger partial charge in [0.2, 0.25) is 5.91 Å². The zero-order valence-electron chi connectivity index (χ0n) is 14.7. The predicted octanol–water partition coefficient (Wildman–Crippen LogP) is 2.27. The third-order valence-corrected chi connectivity index (χ3v) is 5.34. The van der Waals surface area contributed by atoms with Gasteiger partial charge in [-0.25, -0.2) is 0 Å². The van der Waals surface area contributed by atoms with Crippen molar-refractivity contribution in [1.29, 1.82) is 0 Å². The highest BCUT2D eigenvalue weighted by Crippen LogP contribution is 2.40. The van der Waals surface area contributed by atoms with Gasteiger partial charge in [-0.15, -0.1) is 0 Å². The molecule has 1 amide bonds. The number of hydrogen-bond donors (Lipinski definition) is 1. The van der Waals surface area contributed by atoms with Gasteiger partial charge in [0.1, 0.15) is 12.3 Å². The average Bonchev–Trinajstić information content (AvgIpc) is 3.08. The molecular formula is C21H23N3O2. The van der Waals surface area contributed by atoms with Gasteiger partial charge in [0, 0.05) is 25.6 Å². The molecule has 5 nitrogen and oxygen atoms in total. The Balaban J connectivity index is 1.82. The summed E-state index contributed by atoms with van der Waals surface area (Å²) >= 11 is 0. The van der Waals surface area contributed by atoms with E-state index in [2.05, 4.69) is 11.0 Å². The predicted molar refractivity (Wildman–Crippen MR) is 102 cm³/mol. The number of rotatable bonds is 4. The number of carbonyl (C=O) groups is 2. The summed E-state index contributed by atoms with van der Waals surface area (Å²) in [6, 6.07) is 15.4. The van der Waals surface area contributed by atoms with E-state index >= 15 is 0 Å². The molecule has 2 aromatic carbocycles. The van der Waals surface area contributed by atoms with E-state index in [0.29, 0.717) is 19.4 Å². The molecule has 4 rings (SSSR count). The van der Waals surface area contributed by atoms with Crippen LogP contribution in [0.3, 0.4) is 0 Å². The lowest BCUT2D eigenvalue weighted by molar-refractivity contribution is -0.117. The lowest BCUT2D eigenvalue weighted by Crippen LogP contribution is -2.53. The van der Waals surface area contributed by atoms with E-state index < -0.39 is 6.04 Å². The fraction of sp³-hybridized carbons (Fsp3) is 0.333. The standard InChI is InChI=1S/C21H23N3O2/c22-17-12-16-8-4-9-18(23-11-5-10-20(23)26)21(16)24(19(17)14-25)13-15-6-2-1-3-7-15/h1-4,6-9,14,17,19H,5,10-13,22H2. The summed E-state index contributed by atoms with van der Waals surface area (Å²) in [6.07, 6.45) is 3.04. The van der Waals surface area contributed by atoms with Crippen LogP contribution in [0.5, 0.6) is 0 Å². The molecule has 0 bridgehead atoms. The van der Waals surface area contributed by atoms with Crippen molar-refractivity contribution < 1.29 is 9.59 Å². The lowest BCUT2D eigenvalue weighted by Gasteiger charge is -2.42. The first-order valence-electron chi connectivity index (χ1n) is 9.12. The highest BCUT2D eigenvalue weighted by molar-refractivity contribution is 5.99. The number of fused-ring (bicyclic) bond motifs is 1. The van der Waals surface area contributed by atoms with Gasteiger partial charge in [-0.05, 0) is 30.0 Å². The molecule has 0 aromatic heterocycles. The highest BCUT2D eigenvalue weighted by atomic mass is 16.2. The fourth-order valence-electron chi connectivity index (χ4n) is 4.09. The van der Waals surface area contributed by atoms with Gasteiger partial charge in [-0.2, -0.15) is 0 Å². The molecule has 0 radical (unpaired) electrons. The summed E-state index contributed by atoms with van der Waals surface area (Å²) in [4.78, 5) is 28.2. The molecule has 134 valence electrons. The zero-order valence-corrected chi connectivity index (χ0v) is 14.7. The van der Waals surface area contributed by atoms with Crippen LogP contribution in [-0.4, -0.2) is 30.8 Å². The normalized spacial score (nSPS) is 22.4. The second kappa shape index (κ2) is 6.92. The van der Waals surface area contributed by atoms with E-state index in [-0.39, 0.29) is 11.9 Å². The van der Waals surface area contributed by atoms with Gasteiger partial charge in [-0.1, -0.05) is 42.5 Å². The van der Waals surface area contributed by atoms with Crippen LogP contribution >= 0.6 is 0 Å². The number of anilines is 2. The first-order chi connectivity index (χ1) is 12.7. The van der Waals surface area contributed by atoms with Crippen LogP contribution in [0.2, 0.25) is 0 Å². The summed E-state index contributed by atoms with van der Waals surface area (Å²) < 4.78 is 0. The Kier molecular flexibility index (Phi) is 4.47. The summed E-state index contributed by atoms with van der Waals surface area (Å²) in [5.74, 6) is 0.149. The molecule has 1 fully saturated rings. The van der Waals surface area contributed by atoms with E-state index in [1.807, 2.05) is 47.4 Å². The summed E-state index contributed by atoms with van der Waals surface area (Å²) in [6.45, 7) is 1.32. The smallest absolute Gasteiger partial charge is 0.227 e. The van der Waals surface area contributed by atoms with E-state index in [4.69, 9.17) is 5.73 Å². The Hall–Kier alpha value is -2.66. The summed E-state index contributed by atoms with van der Waals surface area (Å²) in [7, 11) is 0. The Morgan fingerprint density at radius 3 is 2.62 bits per heavy atom. The van der Waals surface area contributed by atoms with Crippen molar-refractivity contribution in [1.82, 2.24) is 0 Å². The van der Waals surface area contributed by atoms with Crippen molar-refractivity contribution in [3.63, 3.8) is 0 Å². The summed E-state index contributed by atoms with van der Waals surface area (Å²) in [5.41, 5.74) is 10.4. The number of amides is 1. The molecule has 1 saturated heterocycles. The zero-order chi connectivity index (χ0) is 18.1. The number of carbonyl (C=O) groups excluding carboxylic acids is 2. The van der Waals surface area contributed by atoms with Gasteiger partial charge >= 0.3 is 0 Å². The van der Waals surface area contributed by atoms with Crippen LogP contribution < -0.4 is 15.5 Å². The lowest BCUT2D eigenvalue weighted by atomic mass is 9.90. The maximum Gasteiger partial charge on any atom is 0.227 e. The number of nitrogens with zero attached hydrogens (tertiary/aromatic N) is 2. The molecule has 2 heterocycles. The van der Waals surface area contributed by atoms with Gasteiger partial charge in [0.15, 0.2) is 0 Å². The average molecular weight is 349 g/mol. The largest absolute Gasteiger partial charge is 0.354 e. The number of nitrogens with two attached hydrogens (primary N) is 1. The van der Waals surface area contributed by atoms with Crippen molar-refractivity contribution in [3.8, 4) is 0 Å². The van der Waals surface area contributed by atoms with Crippen molar-refractivity contribution >= 4 is 23.6 Å². The van der Waals surface area contributed by atoms with E-state index in [9.17, 15) is 9.59 Å². The third-order valence-electron chi connectivity index (χ3n) is 5.34. The second-order valence-corrected chi connectivity index (χ2v) is 7.04. The van der Waals surface area contributed by atoms with Crippen molar-refractivity contribution in [2.75, 3.05) is 16.3 Å². The molecule has 2 N–H and O–H groups in total. The maximum atomic E-state index is 12.4. The van der Waals surface area contributed by atoms with Crippen LogP contribution in [0.25, 0.3) is 0 Å². The molecule has 2 aliphatic heterocycles. The van der Waals surface area contributed by atoms with Crippen LogP contribution in [0.1, 0.15) is 24.0 Å². The van der Waals surface area contributed by atoms with Crippen LogP contribution in [-0.2, 0) is 22.6 Å². The maximum absolute atomic E-state index is 12.4. The molecule has 2 atom stereocenters. The van der Waals surface area contributed by atoms with Crippen molar-refractivity contribution in [2.45, 2.75) is 37.9 Å². The second-order valence-electron chi connectivity index (χ2n) is 7.04. The van der Waals surface area contributed by atoms with Crippen LogP contribution in [0.15, 0.2) is 48.5 Å². The first-order valence-corrected chi connectivity index (χ1v) is 9.12. The molecule has 5 heteroatoms. The van der Waals surface area contributed by atoms with E-state index in [1.54, 1.807) is 0 Å². The van der Waals surface area contributed by atoms with E-state index in [1.165, 1.54) is 0 Å². The minimum Gasteiger partial charge on any atom is -0.354 e. The molecule has 2 unspecified atom stereocenters. The number of hydrogen-bond acceptors (Lipinski definition) is 4. The van der Waals surface area contributed by atoms with Gasteiger partial charge in [-0.3, -0.25) is 4.79 Å². The molecule has 2 aliphatic rings. The highest BCUT2D eigenvalue weighted by Gasteiger charge is 2.36. The van der Waals surface area contributed by atoms with E-state index in [0.717, 1.165) is 41.8 Å². The fourth-order valence-corrected chi connectivity index (χ4v) is 4.09. The Morgan fingerprint density at radius 1 is 1.12 bits per heavy atom. The molecule has 0 spiro atoms. The Labute approximate surface area is 153 Å². The number of para-hydroxylation sites is 1. The van der Waals surface area contributed by atoms with Crippen molar-refractivity contribution in [2.24, 2.45) is 5.73 Å². The van der Waals surface area contributed by atoms with Gasteiger partial charge in [0.25, 0.3) is 0 Å².